The smallest absolute Gasteiger partial charge is 0.317 e. The fourth-order valence-corrected chi connectivity index (χ4v) is 2.56. The Kier molecular flexibility index (Phi) is 5.67. The van der Waals surface area contributed by atoms with Gasteiger partial charge < -0.3 is 19.5 Å². The molecule has 21 heavy (non-hydrogen) atoms. The Balaban J connectivity index is 1.91. The second-order valence-corrected chi connectivity index (χ2v) is 5.75. The van der Waals surface area contributed by atoms with E-state index in [1.165, 1.54) is 0 Å². The summed E-state index contributed by atoms with van der Waals surface area (Å²) in [6, 6.07) is 3.31. The van der Waals surface area contributed by atoms with Crippen LogP contribution in [0, 0.1) is 0 Å². The molecule has 0 saturated carbocycles. The molecule has 0 unspecified atom stereocenters. The normalized spacial score (nSPS) is 15.7. The highest BCUT2D eigenvalue weighted by atomic mass is 79.9. The first-order valence-electron chi connectivity index (χ1n) is 7.19. The molecule has 1 aliphatic rings. The number of nitrogens with one attached hydrogen (secondary N) is 1. The number of hydrogen-bond donors (Lipinski definition) is 1. The molecule has 6 nitrogen and oxygen atoms in total. The van der Waals surface area contributed by atoms with E-state index >= 15 is 0 Å². The van der Waals surface area contributed by atoms with E-state index in [-0.39, 0.29) is 11.9 Å². The second kappa shape index (κ2) is 7.49. The van der Waals surface area contributed by atoms with Crippen molar-refractivity contribution in [3.63, 3.8) is 0 Å². The molecule has 2 rings (SSSR count). The molecule has 1 saturated heterocycles. The van der Waals surface area contributed by atoms with Gasteiger partial charge in [-0.1, -0.05) is 6.92 Å². The van der Waals surface area contributed by atoms with Gasteiger partial charge >= 0.3 is 6.03 Å². The summed E-state index contributed by atoms with van der Waals surface area (Å²) in [5.74, 6) is 0.197. The largest absolute Gasteiger partial charge is 0.444 e. The number of amides is 3. The van der Waals surface area contributed by atoms with Crippen molar-refractivity contribution in [2.75, 3.05) is 32.7 Å². The summed E-state index contributed by atoms with van der Waals surface area (Å²) in [6.45, 7) is 5.07. The van der Waals surface area contributed by atoms with Crippen LogP contribution in [-0.2, 0) is 0 Å². The SMILES string of the molecule is CCCNC(=O)N1CCCN(C(=O)c2ccc(Br)o2)CC1. The Bertz CT molecular complexity index is 503. The molecule has 1 aliphatic heterocycles. The van der Waals surface area contributed by atoms with Crippen molar-refractivity contribution in [1.82, 2.24) is 15.1 Å². The molecule has 1 N–H and O–H groups in total. The Morgan fingerprint density at radius 2 is 1.95 bits per heavy atom. The quantitative estimate of drug-likeness (QED) is 0.902. The van der Waals surface area contributed by atoms with Crippen LogP contribution < -0.4 is 5.32 Å². The fourth-order valence-electron chi connectivity index (χ4n) is 2.25. The van der Waals surface area contributed by atoms with Crippen molar-refractivity contribution in [2.24, 2.45) is 0 Å². The lowest BCUT2D eigenvalue weighted by Gasteiger charge is -2.21. The maximum Gasteiger partial charge on any atom is 0.317 e. The van der Waals surface area contributed by atoms with Crippen LogP contribution in [0.15, 0.2) is 21.2 Å². The van der Waals surface area contributed by atoms with Gasteiger partial charge in [-0.3, -0.25) is 4.79 Å². The standard InChI is InChI=1S/C14H20BrN3O3/c1-2-6-16-14(20)18-8-3-7-17(9-10-18)13(19)11-4-5-12(15)21-11/h4-5H,2-3,6-10H2,1H3,(H,16,20). The third-order valence-electron chi connectivity index (χ3n) is 3.38. The van der Waals surface area contributed by atoms with Gasteiger partial charge in [0.25, 0.3) is 5.91 Å². The van der Waals surface area contributed by atoms with Crippen LogP contribution >= 0.6 is 15.9 Å². The van der Waals surface area contributed by atoms with Crippen LogP contribution in [0.1, 0.15) is 30.3 Å². The zero-order chi connectivity index (χ0) is 15.2. The minimum Gasteiger partial charge on any atom is -0.444 e. The monoisotopic (exact) mass is 357 g/mol. The van der Waals surface area contributed by atoms with Crippen molar-refractivity contribution in [3.05, 3.63) is 22.6 Å². The number of urea groups is 1. The van der Waals surface area contributed by atoms with E-state index in [9.17, 15) is 9.59 Å². The first kappa shape index (κ1) is 15.9. The summed E-state index contributed by atoms with van der Waals surface area (Å²) in [4.78, 5) is 27.8. The van der Waals surface area contributed by atoms with E-state index in [2.05, 4.69) is 21.2 Å². The topological polar surface area (TPSA) is 65.8 Å². The minimum absolute atomic E-state index is 0.0492. The van der Waals surface area contributed by atoms with Gasteiger partial charge in [-0.05, 0) is 40.9 Å². The molecule has 116 valence electrons. The molecule has 0 atom stereocenters. The molecule has 1 aromatic rings. The molecular formula is C14H20BrN3O3. The zero-order valence-corrected chi connectivity index (χ0v) is 13.7. The van der Waals surface area contributed by atoms with Crippen LogP contribution in [0.25, 0.3) is 0 Å². The Labute approximate surface area is 132 Å². The van der Waals surface area contributed by atoms with Crippen LogP contribution in [-0.4, -0.2) is 54.5 Å². The molecule has 0 radical (unpaired) electrons. The average molecular weight is 358 g/mol. The van der Waals surface area contributed by atoms with Crippen LogP contribution in [0.3, 0.4) is 0 Å². The maximum absolute atomic E-state index is 12.3. The molecule has 0 bridgehead atoms. The summed E-state index contributed by atoms with van der Waals surface area (Å²) in [5.41, 5.74) is 0. The molecule has 0 spiro atoms. The summed E-state index contributed by atoms with van der Waals surface area (Å²) >= 11 is 3.19. The van der Waals surface area contributed by atoms with E-state index < -0.39 is 0 Å². The first-order chi connectivity index (χ1) is 10.1. The van der Waals surface area contributed by atoms with Crippen molar-refractivity contribution in [3.8, 4) is 0 Å². The predicted octanol–water partition coefficient (Wildman–Crippen LogP) is 2.31. The molecule has 1 aromatic heterocycles. The molecule has 2 heterocycles. The van der Waals surface area contributed by atoms with Gasteiger partial charge in [0.05, 0.1) is 0 Å². The van der Waals surface area contributed by atoms with Gasteiger partial charge in [-0.2, -0.15) is 0 Å². The Morgan fingerprint density at radius 3 is 2.62 bits per heavy atom. The van der Waals surface area contributed by atoms with E-state index in [0.29, 0.717) is 43.2 Å². The van der Waals surface area contributed by atoms with E-state index in [1.807, 2.05) is 6.92 Å². The molecule has 1 fully saturated rings. The highest BCUT2D eigenvalue weighted by molar-refractivity contribution is 9.10. The lowest BCUT2D eigenvalue weighted by Crippen LogP contribution is -2.42. The van der Waals surface area contributed by atoms with Crippen LogP contribution in [0.4, 0.5) is 4.79 Å². The Hall–Kier alpha value is -1.50. The predicted molar refractivity (Wildman–Crippen MR) is 82.2 cm³/mol. The van der Waals surface area contributed by atoms with Gasteiger partial charge in [-0.15, -0.1) is 0 Å². The fraction of sp³-hybridized carbons (Fsp3) is 0.571. The van der Waals surface area contributed by atoms with Crippen molar-refractivity contribution >= 4 is 27.9 Å². The van der Waals surface area contributed by atoms with Gasteiger partial charge in [0.2, 0.25) is 0 Å². The Morgan fingerprint density at radius 1 is 1.24 bits per heavy atom. The number of furan rings is 1. The van der Waals surface area contributed by atoms with E-state index in [0.717, 1.165) is 12.8 Å². The minimum atomic E-state index is -0.128. The highest BCUT2D eigenvalue weighted by Crippen LogP contribution is 2.16. The van der Waals surface area contributed by atoms with Crippen LogP contribution in [0.5, 0.6) is 0 Å². The number of carbonyl (C=O) groups is 2. The van der Waals surface area contributed by atoms with Gasteiger partial charge in [0, 0.05) is 32.7 Å². The number of carbonyl (C=O) groups excluding carboxylic acids is 2. The van der Waals surface area contributed by atoms with E-state index in [1.54, 1.807) is 21.9 Å². The third-order valence-corrected chi connectivity index (χ3v) is 3.81. The average Bonchev–Trinajstić information content (AvgIpc) is 2.76. The second-order valence-electron chi connectivity index (χ2n) is 4.97. The van der Waals surface area contributed by atoms with Crippen molar-refractivity contribution in [2.45, 2.75) is 19.8 Å². The number of nitrogens with zero attached hydrogens (tertiary/aromatic N) is 2. The number of halogens is 1. The zero-order valence-electron chi connectivity index (χ0n) is 12.1. The molecular weight excluding hydrogens is 338 g/mol. The third kappa shape index (κ3) is 4.23. The number of rotatable bonds is 3. The summed E-state index contributed by atoms with van der Waals surface area (Å²) in [7, 11) is 0. The number of hydrogen-bond acceptors (Lipinski definition) is 3. The molecule has 0 aromatic carbocycles. The lowest BCUT2D eigenvalue weighted by molar-refractivity contribution is 0.0729. The van der Waals surface area contributed by atoms with Gasteiger partial charge in [0.1, 0.15) is 0 Å². The summed E-state index contributed by atoms with van der Waals surface area (Å²) in [5, 5.41) is 2.87. The molecule has 3 amide bonds. The van der Waals surface area contributed by atoms with Crippen molar-refractivity contribution < 1.29 is 14.0 Å². The summed E-state index contributed by atoms with van der Waals surface area (Å²) < 4.78 is 5.84. The first-order valence-corrected chi connectivity index (χ1v) is 7.98. The molecule has 0 aliphatic carbocycles. The maximum atomic E-state index is 12.3. The lowest BCUT2D eigenvalue weighted by atomic mass is 10.3. The highest BCUT2D eigenvalue weighted by Gasteiger charge is 2.24. The van der Waals surface area contributed by atoms with Crippen molar-refractivity contribution in [1.29, 1.82) is 0 Å². The van der Waals surface area contributed by atoms with Crippen LogP contribution in [0.2, 0.25) is 0 Å². The van der Waals surface area contributed by atoms with Gasteiger partial charge in [0.15, 0.2) is 10.4 Å². The molecule has 7 heteroatoms. The van der Waals surface area contributed by atoms with E-state index in [4.69, 9.17) is 4.42 Å². The summed E-state index contributed by atoms with van der Waals surface area (Å²) in [6.07, 6.45) is 1.69. The van der Waals surface area contributed by atoms with Gasteiger partial charge in [-0.25, -0.2) is 4.79 Å².